The van der Waals surface area contributed by atoms with Crippen molar-refractivity contribution < 1.29 is 18.3 Å². The lowest BCUT2D eigenvalue weighted by molar-refractivity contribution is -0.137. The number of carboxylic acids is 1. The van der Waals surface area contributed by atoms with E-state index >= 15 is 0 Å². The van der Waals surface area contributed by atoms with Crippen molar-refractivity contribution in [2.24, 2.45) is 0 Å². The predicted molar refractivity (Wildman–Crippen MR) is 75.5 cm³/mol. The highest BCUT2D eigenvalue weighted by molar-refractivity contribution is 7.92. The van der Waals surface area contributed by atoms with Gasteiger partial charge in [0.25, 0.3) is 0 Å². The van der Waals surface area contributed by atoms with Crippen LogP contribution in [0.15, 0.2) is 18.2 Å². The third-order valence-corrected chi connectivity index (χ3v) is 4.90. The molecule has 0 aliphatic heterocycles. The summed E-state index contributed by atoms with van der Waals surface area (Å²) in [5, 5.41) is 9.46. The highest BCUT2D eigenvalue weighted by Crippen LogP contribution is 2.32. The van der Waals surface area contributed by atoms with Gasteiger partial charge in [-0.3, -0.25) is 4.31 Å². The molecule has 0 saturated heterocycles. The molecule has 0 fully saturated rings. The fraction of sp³-hybridized carbons (Fsp3) is 0.364. The Balaban J connectivity index is 3.44. The lowest BCUT2D eigenvalue weighted by Gasteiger charge is -2.28. The van der Waals surface area contributed by atoms with Crippen LogP contribution in [0.5, 0.6) is 0 Å². The number of hydrogen-bond acceptors (Lipinski definition) is 3. The summed E-state index contributed by atoms with van der Waals surface area (Å²) in [7, 11) is -3.77. The van der Waals surface area contributed by atoms with Crippen molar-refractivity contribution >= 4 is 44.9 Å². The minimum Gasteiger partial charge on any atom is -0.480 e. The van der Waals surface area contributed by atoms with Crippen LogP contribution in [0.4, 0.5) is 5.69 Å². The Hall–Kier alpha value is -0.980. The molecule has 5 nitrogen and oxygen atoms in total. The molecule has 0 radical (unpaired) electrons. The van der Waals surface area contributed by atoms with Gasteiger partial charge in [0.15, 0.2) is 0 Å². The molecule has 0 heterocycles. The first-order valence-corrected chi connectivity index (χ1v) is 7.77. The second-order valence-electron chi connectivity index (χ2n) is 3.81. The molecule has 1 aromatic rings. The maximum absolute atomic E-state index is 12.1. The Morgan fingerprint density at radius 1 is 1.42 bits per heavy atom. The number of carboxylic acid groups (broad SMARTS) is 1. The number of aliphatic carboxylic acids is 1. The average molecular weight is 326 g/mol. The van der Waals surface area contributed by atoms with Crippen LogP contribution in [0.1, 0.15) is 13.8 Å². The molecule has 0 aliphatic carbocycles. The number of hydrogen-bond donors (Lipinski definition) is 1. The zero-order valence-corrected chi connectivity index (χ0v) is 12.6. The lowest BCUT2D eigenvalue weighted by atomic mass is 10.2. The van der Waals surface area contributed by atoms with Gasteiger partial charge < -0.3 is 5.11 Å². The highest BCUT2D eigenvalue weighted by atomic mass is 35.5. The molecule has 0 amide bonds. The molecule has 1 N–H and O–H groups in total. The van der Waals surface area contributed by atoms with Crippen LogP contribution in [0.2, 0.25) is 10.0 Å². The molecule has 0 bridgehead atoms. The number of carbonyl (C=O) groups is 1. The topological polar surface area (TPSA) is 74.7 Å². The van der Waals surface area contributed by atoms with Crippen LogP contribution in [0, 0.1) is 0 Å². The quantitative estimate of drug-likeness (QED) is 0.902. The van der Waals surface area contributed by atoms with Gasteiger partial charge in [0.05, 0.1) is 16.5 Å². The largest absolute Gasteiger partial charge is 0.480 e. The van der Waals surface area contributed by atoms with Gasteiger partial charge >= 0.3 is 5.97 Å². The molecular weight excluding hydrogens is 313 g/mol. The van der Waals surface area contributed by atoms with E-state index in [9.17, 15) is 13.2 Å². The van der Waals surface area contributed by atoms with E-state index in [0.717, 1.165) is 4.31 Å². The van der Waals surface area contributed by atoms with Crippen molar-refractivity contribution in [2.75, 3.05) is 10.1 Å². The maximum atomic E-state index is 12.1. The van der Waals surface area contributed by atoms with Crippen LogP contribution < -0.4 is 4.31 Å². The summed E-state index contributed by atoms with van der Waals surface area (Å²) in [6.07, 6.45) is 0. The molecular formula is C11H13Cl2NO4S. The minimum absolute atomic E-state index is 0.0811. The van der Waals surface area contributed by atoms with E-state index in [-0.39, 0.29) is 16.5 Å². The van der Waals surface area contributed by atoms with Gasteiger partial charge in [0.1, 0.15) is 6.04 Å². The third kappa shape index (κ3) is 3.52. The number of anilines is 1. The van der Waals surface area contributed by atoms with Crippen LogP contribution in [0.3, 0.4) is 0 Å². The first-order valence-electron chi connectivity index (χ1n) is 5.40. The molecule has 8 heteroatoms. The van der Waals surface area contributed by atoms with E-state index in [1.165, 1.54) is 32.0 Å². The first-order chi connectivity index (χ1) is 8.70. The maximum Gasteiger partial charge on any atom is 0.327 e. The summed E-state index contributed by atoms with van der Waals surface area (Å²) >= 11 is 11.7. The number of benzene rings is 1. The molecule has 1 rings (SSSR count). The van der Waals surface area contributed by atoms with Gasteiger partial charge in [0, 0.05) is 5.02 Å². The zero-order valence-electron chi connectivity index (χ0n) is 10.3. The fourth-order valence-electron chi connectivity index (χ4n) is 1.50. The van der Waals surface area contributed by atoms with Crippen molar-refractivity contribution in [3.63, 3.8) is 0 Å². The number of sulfonamides is 1. The predicted octanol–water partition coefficient (Wildman–Crippen LogP) is 2.62. The Bertz CT molecular complexity index is 588. The SMILES string of the molecule is CCS(=O)(=O)N(c1ccc(Cl)cc1Cl)C(C)C(=O)O. The van der Waals surface area contributed by atoms with Crippen LogP contribution in [0.25, 0.3) is 0 Å². The van der Waals surface area contributed by atoms with E-state index in [1.807, 2.05) is 0 Å². The Morgan fingerprint density at radius 2 is 2.00 bits per heavy atom. The normalized spacial score (nSPS) is 13.1. The van der Waals surface area contributed by atoms with Crippen molar-refractivity contribution in [3.05, 3.63) is 28.2 Å². The van der Waals surface area contributed by atoms with Crippen molar-refractivity contribution in [1.82, 2.24) is 0 Å². The summed E-state index contributed by atoms with van der Waals surface area (Å²) in [4.78, 5) is 11.1. The van der Waals surface area contributed by atoms with E-state index in [1.54, 1.807) is 0 Å². The van der Waals surface area contributed by atoms with Gasteiger partial charge in [-0.15, -0.1) is 0 Å². The van der Waals surface area contributed by atoms with Gasteiger partial charge in [-0.25, -0.2) is 13.2 Å². The van der Waals surface area contributed by atoms with Gasteiger partial charge in [-0.05, 0) is 32.0 Å². The smallest absolute Gasteiger partial charge is 0.327 e. The molecule has 19 heavy (non-hydrogen) atoms. The molecule has 1 unspecified atom stereocenters. The summed E-state index contributed by atoms with van der Waals surface area (Å²) < 4.78 is 24.9. The highest BCUT2D eigenvalue weighted by Gasteiger charge is 2.32. The molecule has 0 aliphatic rings. The summed E-state index contributed by atoms with van der Waals surface area (Å²) in [5.74, 6) is -1.49. The standard InChI is InChI=1S/C11H13Cl2NO4S/c1-3-19(17,18)14(7(2)11(15)16)10-5-4-8(12)6-9(10)13/h4-7H,3H2,1-2H3,(H,15,16). The number of halogens is 2. The number of nitrogens with zero attached hydrogens (tertiary/aromatic N) is 1. The monoisotopic (exact) mass is 325 g/mol. The molecule has 1 atom stereocenters. The van der Waals surface area contributed by atoms with Crippen LogP contribution >= 0.6 is 23.2 Å². The Kier molecular flexibility index (Phi) is 5.06. The zero-order chi connectivity index (χ0) is 14.8. The molecule has 106 valence electrons. The molecule has 0 spiro atoms. The van der Waals surface area contributed by atoms with Gasteiger partial charge in [-0.2, -0.15) is 0 Å². The van der Waals surface area contributed by atoms with Gasteiger partial charge in [-0.1, -0.05) is 23.2 Å². The van der Waals surface area contributed by atoms with E-state index in [2.05, 4.69) is 0 Å². The summed E-state index contributed by atoms with van der Waals surface area (Å²) in [6.45, 7) is 2.71. The lowest BCUT2D eigenvalue weighted by Crippen LogP contribution is -2.44. The van der Waals surface area contributed by atoms with Crippen LogP contribution in [-0.2, 0) is 14.8 Å². The van der Waals surface area contributed by atoms with Crippen LogP contribution in [-0.4, -0.2) is 31.3 Å². The van der Waals surface area contributed by atoms with Crippen molar-refractivity contribution in [1.29, 1.82) is 0 Å². The Labute approximate surface area is 121 Å². The second kappa shape index (κ2) is 5.98. The first kappa shape index (κ1) is 16.1. The van der Waals surface area contributed by atoms with Crippen molar-refractivity contribution in [2.45, 2.75) is 19.9 Å². The summed E-state index contributed by atoms with van der Waals surface area (Å²) in [5.41, 5.74) is 0.0998. The minimum atomic E-state index is -3.77. The van der Waals surface area contributed by atoms with E-state index in [0.29, 0.717) is 5.02 Å². The Morgan fingerprint density at radius 3 is 2.42 bits per heavy atom. The fourth-order valence-corrected chi connectivity index (χ4v) is 3.36. The molecule has 0 aromatic heterocycles. The summed E-state index contributed by atoms with van der Waals surface area (Å²) in [6, 6.07) is 2.95. The average Bonchev–Trinajstić information content (AvgIpc) is 2.31. The molecule has 1 aromatic carbocycles. The van der Waals surface area contributed by atoms with Crippen molar-refractivity contribution in [3.8, 4) is 0 Å². The van der Waals surface area contributed by atoms with Gasteiger partial charge in [0.2, 0.25) is 10.0 Å². The van der Waals surface area contributed by atoms with E-state index in [4.69, 9.17) is 28.3 Å². The second-order valence-corrected chi connectivity index (χ2v) is 6.78. The van der Waals surface area contributed by atoms with E-state index < -0.39 is 22.0 Å². The molecule has 0 saturated carbocycles. The third-order valence-electron chi connectivity index (χ3n) is 2.52. The number of rotatable bonds is 5.